The van der Waals surface area contributed by atoms with E-state index in [-0.39, 0.29) is 16.4 Å². The van der Waals surface area contributed by atoms with Crippen LogP contribution in [0.25, 0.3) is 11.1 Å². The number of aromatic nitrogens is 1. The Kier molecular flexibility index (Phi) is 5.49. The number of hydrogen-bond donors (Lipinski definition) is 3. The fraction of sp³-hybridized carbons (Fsp3) is 0.105. The molecule has 10 heteroatoms. The molecule has 3 aromatic rings. The van der Waals surface area contributed by atoms with Crippen molar-refractivity contribution in [3.8, 4) is 11.1 Å². The van der Waals surface area contributed by atoms with Gasteiger partial charge in [-0.1, -0.05) is 6.07 Å². The van der Waals surface area contributed by atoms with Gasteiger partial charge in [0.1, 0.15) is 5.82 Å². The maximum absolute atomic E-state index is 13.0. The standard InChI is InChI=1S/C19H17F3N4O2S/c1-24-29(27,28)15-5-6-17(16(11-15)12-7-8-25-18(23)9-12)26-14-4-2-3-13(10-14)19(20,21)22/h2-11,24,26H,1H3,(H2,23,25). The second-order valence-electron chi connectivity index (χ2n) is 6.09. The molecule has 3 rings (SSSR count). The molecular weight excluding hydrogens is 405 g/mol. The number of hydrogen-bond acceptors (Lipinski definition) is 5. The minimum absolute atomic E-state index is 0.0000223. The lowest BCUT2D eigenvalue weighted by Crippen LogP contribution is -2.18. The first-order valence-corrected chi connectivity index (χ1v) is 9.82. The van der Waals surface area contributed by atoms with Crippen molar-refractivity contribution in [1.82, 2.24) is 9.71 Å². The van der Waals surface area contributed by atoms with Gasteiger partial charge in [0.2, 0.25) is 10.0 Å². The fourth-order valence-corrected chi connectivity index (χ4v) is 3.46. The van der Waals surface area contributed by atoms with Crippen molar-refractivity contribution in [2.45, 2.75) is 11.1 Å². The zero-order valence-corrected chi connectivity index (χ0v) is 16.0. The Labute approximate surface area is 165 Å². The summed E-state index contributed by atoms with van der Waals surface area (Å²) in [5, 5.41) is 2.92. The van der Waals surface area contributed by atoms with Crippen LogP contribution in [-0.4, -0.2) is 20.4 Å². The minimum Gasteiger partial charge on any atom is -0.384 e. The van der Waals surface area contributed by atoms with E-state index in [2.05, 4.69) is 15.0 Å². The van der Waals surface area contributed by atoms with Gasteiger partial charge in [0.05, 0.1) is 10.5 Å². The summed E-state index contributed by atoms with van der Waals surface area (Å²) in [7, 11) is -2.44. The third-order valence-electron chi connectivity index (χ3n) is 4.13. The number of anilines is 3. The van der Waals surface area contributed by atoms with Gasteiger partial charge in [0.15, 0.2) is 0 Å². The highest BCUT2D eigenvalue weighted by atomic mass is 32.2. The number of nitrogens with two attached hydrogens (primary N) is 1. The first-order chi connectivity index (χ1) is 13.6. The van der Waals surface area contributed by atoms with Gasteiger partial charge in [-0.2, -0.15) is 13.2 Å². The predicted octanol–water partition coefficient (Wildman–Crippen LogP) is 4.00. The van der Waals surface area contributed by atoms with E-state index in [4.69, 9.17) is 5.73 Å². The van der Waals surface area contributed by atoms with Crippen LogP contribution in [0.2, 0.25) is 0 Å². The molecule has 152 valence electrons. The van der Waals surface area contributed by atoms with Gasteiger partial charge in [0, 0.05) is 23.1 Å². The minimum atomic E-state index is -4.48. The quantitative estimate of drug-likeness (QED) is 0.578. The molecule has 1 heterocycles. The van der Waals surface area contributed by atoms with E-state index in [0.717, 1.165) is 12.1 Å². The van der Waals surface area contributed by atoms with Crippen LogP contribution in [0.4, 0.5) is 30.4 Å². The summed E-state index contributed by atoms with van der Waals surface area (Å²) in [5.41, 5.74) is 6.53. The Morgan fingerprint density at radius 3 is 2.45 bits per heavy atom. The van der Waals surface area contributed by atoms with Crippen molar-refractivity contribution < 1.29 is 21.6 Å². The topological polar surface area (TPSA) is 97.1 Å². The first kappa shape index (κ1) is 20.6. The number of sulfonamides is 1. The van der Waals surface area contributed by atoms with Crippen LogP contribution in [0.1, 0.15) is 5.56 Å². The maximum Gasteiger partial charge on any atom is 0.416 e. The normalized spacial score (nSPS) is 12.0. The molecule has 2 aromatic carbocycles. The van der Waals surface area contributed by atoms with Crippen LogP contribution in [0.15, 0.2) is 65.7 Å². The highest BCUT2D eigenvalue weighted by molar-refractivity contribution is 7.89. The molecule has 0 aliphatic heterocycles. The third-order valence-corrected chi connectivity index (χ3v) is 5.54. The summed E-state index contributed by atoms with van der Waals surface area (Å²) >= 11 is 0. The number of nitrogen functional groups attached to an aromatic ring is 1. The summed E-state index contributed by atoms with van der Waals surface area (Å²) in [6.07, 6.45) is -3.03. The lowest BCUT2D eigenvalue weighted by molar-refractivity contribution is -0.137. The molecule has 0 saturated carbocycles. The molecule has 0 amide bonds. The molecular formula is C19H17F3N4O2S. The van der Waals surface area contributed by atoms with E-state index in [9.17, 15) is 21.6 Å². The van der Waals surface area contributed by atoms with Crippen molar-refractivity contribution in [2.24, 2.45) is 0 Å². The van der Waals surface area contributed by atoms with Gasteiger partial charge in [-0.3, -0.25) is 0 Å². The molecule has 0 radical (unpaired) electrons. The van der Waals surface area contributed by atoms with Gasteiger partial charge < -0.3 is 11.1 Å². The molecule has 1 aromatic heterocycles. The molecule has 4 N–H and O–H groups in total. The molecule has 0 fully saturated rings. The van der Waals surface area contributed by atoms with Crippen molar-refractivity contribution >= 4 is 27.2 Å². The summed E-state index contributed by atoms with van der Waals surface area (Å²) in [6, 6.07) is 12.1. The van der Waals surface area contributed by atoms with Crippen LogP contribution < -0.4 is 15.8 Å². The van der Waals surface area contributed by atoms with Crippen molar-refractivity contribution in [3.05, 3.63) is 66.4 Å². The number of halogens is 3. The van der Waals surface area contributed by atoms with E-state index in [1.54, 1.807) is 12.1 Å². The molecule has 0 spiro atoms. The van der Waals surface area contributed by atoms with Crippen LogP contribution >= 0.6 is 0 Å². The van der Waals surface area contributed by atoms with Crippen LogP contribution in [-0.2, 0) is 16.2 Å². The number of nitrogens with one attached hydrogen (secondary N) is 2. The Morgan fingerprint density at radius 2 is 1.79 bits per heavy atom. The molecule has 0 saturated heterocycles. The molecule has 0 bridgehead atoms. The van der Waals surface area contributed by atoms with E-state index in [1.165, 1.54) is 43.6 Å². The molecule has 0 unspecified atom stereocenters. The predicted molar refractivity (Wildman–Crippen MR) is 105 cm³/mol. The second-order valence-corrected chi connectivity index (χ2v) is 7.97. The van der Waals surface area contributed by atoms with Gasteiger partial charge in [-0.25, -0.2) is 18.1 Å². The molecule has 0 atom stereocenters. The van der Waals surface area contributed by atoms with Crippen molar-refractivity contribution in [3.63, 3.8) is 0 Å². The number of alkyl halides is 3. The highest BCUT2D eigenvalue weighted by Gasteiger charge is 2.30. The average molecular weight is 422 g/mol. The maximum atomic E-state index is 13.0. The summed E-state index contributed by atoms with van der Waals surface area (Å²) in [5.74, 6) is 0.217. The number of nitrogens with zero attached hydrogens (tertiary/aromatic N) is 1. The smallest absolute Gasteiger partial charge is 0.384 e. The summed E-state index contributed by atoms with van der Waals surface area (Å²) < 4.78 is 65.6. The third kappa shape index (κ3) is 4.66. The molecule has 29 heavy (non-hydrogen) atoms. The first-order valence-electron chi connectivity index (χ1n) is 8.34. The Balaban J connectivity index is 2.11. The highest BCUT2D eigenvalue weighted by Crippen LogP contribution is 2.35. The van der Waals surface area contributed by atoms with Gasteiger partial charge in [0.25, 0.3) is 0 Å². The van der Waals surface area contributed by atoms with Crippen LogP contribution in [0.3, 0.4) is 0 Å². The van der Waals surface area contributed by atoms with Gasteiger partial charge in [-0.05, 0) is 61.1 Å². The average Bonchev–Trinajstić information content (AvgIpc) is 2.67. The van der Waals surface area contributed by atoms with E-state index in [0.29, 0.717) is 16.8 Å². The van der Waals surface area contributed by atoms with Gasteiger partial charge in [-0.15, -0.1) is 0 Å². The van der Waals surface area contributed by atoms with E-state index in [1.807, 2.05) is 0 Å². The molecule has 0 aliphatic rings. The van der Waals surface area contributed by atoms with E-state index < -0.39 is 21.8 Å². The van der Waals surface area contributed by atoms with Crippen molar-refractivity contribution in [2.75, 3.05) is 18.1 Å². The monoisotopic (exact) mass is 422 g/mol. The van der Waals surface area contributed by atoms with Crippen LogP contribution in [0.5, 0.6) is 0 Å². The molecule has 0 aliphatic carbocycles. The van der Waals surface area contributed by atoms with E-state index >= 15 is 0 Å². The second kappa shape index (κ2) is 7.72. The zero-order valence-electron chi connectivity index (χ0n) is 15.2. The van der Waals surface area contributed by atoms with Crippen LogP contribution in [0, 0.1) is 0 Å². The number of benzene rings is 2. The largest absolute Gasteiger partial charge is 0.416 e. The Bertz CT molecular complexity index is 1150. The zero-order chi connectivity index (χ0) is 21.2. The lowest BCUT2D eigenvalue weighted by Gasteiger charge is -2.16. The number of rotatable bonds is 5. The fourth-order valence-electron chi connectivity index (χ4n) is 2.70. The summed E-state index contributed by atoms with van der Waals surface area (Å²) in [6.45, 7) is 0. The SMILES string of the molecule is CNS(=O)(=O)c1ccc(Nc2cccc(C(F)(F)F)c2)c(-c2ccnc(N)c2)c1. The lowest BCUT2D eigenvalue weighted by atomic mass is 10.0. The number of pyridine rings is 1. The van der Waals surface area contributed by atoms with Crippen molar-refractivity contribution in [1.29, 1.82) is 0 Å². The molecule has 6 nitrogen and oxygen atoms in total. The summed E-state index contributed by atoms with van der Waals surface area (Å²) in [4.78, 5) is 3.91. The Morgan fingerprint density at radius 1 is 1.03 bits per heavy atom. The van der Waals surface area contributed by atoms with Gasteiger partial charge >= 0.3 is 6.18 Å². The Hall–Kier alpha value is -3.11.